The number of amides is 1. The van der Waals surface area contributed by atoms with E-state index in [1.807, 2.05) is 36.4 Å². The number of fused-ring (bicyclic) bond motifs is 1. The average Bonchev–Trinajstić information content (AvgIpc) is 2.80. The maximum Gasteiger partial charge on any atom is 0.251 e. The van der Waals surface area contributed by atoms with Crippen LogP contribution in [0.2, 0.25) is 0 Å². The van der Waals surface area contributed by atoms with Crippen LogP contribution in [0.15, 0.2) is 48.7 Å². The Kier molecular flexibility index (Phi) is 5.29. The Hall–Kier alpha value is -3.41. The van der Waals surface area contributed by atoms with Gasteiger partial charge in [-0.15, -0.1) is 0 Å². The van der Waals surface area contributed by atoms with Gasteiger partial charge in [-0.2, -0.15) is 0 Å². The van der Waals surface area contributed by atoms with Gasteiger partial charge in [-0.1, -0.05) is 12.1 Å². The summed E-state index contributed by atoms with van der Waals surface area (Å²) >= 11 is 0. The third kappa shape index (κ3) is 3.70. The van der Waals surface area contributed by atoms with Crippen molar-refractivity contribution in [2.75, 3.05) is 23.7 Å². The number of rotatable bonds is 3. The van der Waals surface area contributed by atoms with Crippen molar-refractivity contribution < 1.29 is 9.18 Å². The monoisotopic (exact) mass is 430 g/mol. The smallest absolute Gasteiger partial charge is 0.251 e. The molecule has 1 aromatic heterocycles. The third-order valence-electron chi connectivity index (χ3n) is 6.66. The SMILES string of the molecule is CC1CCCCN1c1ccc(-c2cnc(N)c(-c3ccc4c(c3)CCNC4=O)c2)c(F)c1. The van der Waals surface area contributed by atoms with Gasteiger partial charge in [0, 0.05) is 53.3 Å². The van der Waals surface area contributed by atoms with Crippen molar-refractivity contribution in [3.8, 4) is 22.3 Å². The first-order chi connectivity index (χ1) is 15.5. The zero-order valence-corrected chi connectivity index (χ0v) is 18.2. The summed E-state index contributed by atoms with van der Waals surface area (Å²) in [5.41, 5.74) is 11.6. The van der Waals surface area contributed by atoms with E-state index < -0.39 is 0 Å². The number of nitrogens with two attached hydrogens (primary N) is 1. The van der Waals surface area contributed by atoms with Gasteiger partial charge in [0.1, 0.15) is 11.6 Å². The van der Waals surface area contributed by atoms with Gasteiger partial charge in [-0.3, -0.25) is 4.79 Å². The number of aromatic nitrogens is 1. The molecule has 6 heteroatoms. The van der Waals surface area contributed by atoms with Gasteiger partial charge in [-0.25, -0.2) is 9.37 Å². The summed E-state index contributed by atoms with van der Waals surface area (Å²) in [6.07, 6.45) is 5.89. The van der Waals surface area contributed by atoms with E-state index in [1.165, 1.54) is 6.42 Å². The van der Waals surface area contributed by atoms with Gasteiger partial charge in [0.25, 0.3) is 5.91 Å². The number of hydrogen-bond acceptors (Lipinski definition) is 4. The molecular formula is C26H27FN4O. The molecule has 0 aliphatic carbocycles. The highest BCUT2D eigenvalue weighted by Crippen LogP contribution is 2.34. The summed E-state index contributed by atoms with van der Waals surface area (Å²) in [5.74, 6) is 0.0656. The molecule has 0 bridgehead atoms. The zero-order chi connectivity index (χ0) is 22.2. The minimum Gasteiger partial charge on any atom is -0.383 e. The molecule has 5 rings (SSSR count). The molecule has 0 radical (unpaired) electrons. The van der Waals surface area contributed by atoms with Crippen LogP contribution in [-0.4, -0.2) is 30.0 Å². The maximum absolute atomic E-state index is 15.2. The summed E-state index contributed by atoms with van der Waals surface area (Å²) in [4.78, 5) is 18.7. The Morgan fingerprint density at radius 2 is 1.91 bits per heavy atom. The molecule has 1 saturated heterocycles. The van der Waals surface area contributed by atoms with Crippen molar-refractivity contribution in [1.29, 1.82) is 0 Å². The lowest BCUT2D eigenvalue weighted by Crippen LogP contribution is -2.37. The fourth-order valence-corrected chi connectivity index (χ4v) is 4.85. The van der Waals surface area contributed by atoms with Gasteiger partial charge in [0.15, 0.2) is 0 Å². The molecule has 0 saturated carbocycles. The van der Waals surface area contributed by atoms with Gasteiger partial charge in [-0.05, 0) is 74.1 Å². The molecule has 3 aromatic rings. The van der Waals surface area contributed by atoms with Crippen molar-refractivity contribution in [1.82, 2.24) is 10.3 Å². The van der Waals surface area contributed by atoms with Crippen molar-refractivity contribution in [2.45, 2.75) is 38.6 Å². The Balaban J connectivity index is 1.50. The summed E-state index contributed by atoms with van der Waals surface area (Å²) in [6, 6.07) is 13.4. The Morgan fingerprint density at radius 1 is 1.06 bits per heavy atom. The van der Waals surface area contributed by atoms with E-state index >= 15 is 4.39 Å². The molecule has 2 aromatic carbocycles. The fourth-order valence-electron chi connectivity index (χ4n) is 4.85. The Morgan fingerprint density at radius 3 is 2.72 bits per heavy atom. The molecule has 32 heavy (non-hydrogen) atoms. The molecular weight excluding hydrogens is 403 g/mol. The Bertz CT molecular complexity index is 1190. The second kappa shape index (κ2) is 8.26. The molecule has 1 unspecified atom stereocenters. The standard InChI is InChI=1S/C26H27FN4O/c1-16-4-2-3-11-31(16)20-6-8-21(24(27)14-20)19-13-23(25(28)30-15-19)17-5-7-22-18(12-17)9-10-29-26(22)32/h5-8,12-16H,2-4,9-11H2,1H3,(H2,28,30)(H,29,32). The van der Waals surface area contributed by atoms with Crippen LogP contribution in [0.25, 0.3) is 22.3 Å². The van der Waals surface area contributed by atoms with Crippen LogP contribution in [0.5, 0.6) is 0 Å². The lowest BCUT2D eigenvalue weighted by molar-refractivity contribution is 0.0946. The van der Waals surface area contributed by atoms with E-state index in [0.717, 1.165) is 48.2 Å². The van der Waals surface area contributed by atoms with Crippen LogP contribution in [0.3, 0.4) is 0 Å². The fraction of sp³-hybridized carbons (Fsp3) is 0.308. The predicted molar refractivity (Wildman–Crippen MR) is 126 cm³/mol. The van der Waals surface area contributed by atoms with Gasteiger partial charge in [0.2, 0.25) is 0 Å². The largest absolute Gasteiger partial charge is 0.383 e. The minimum atomic E-state index is -0.264. The highest BCUT2D eigenvalue weighted by atomic mass is 19.1. The van der Waals surface area contributed by atoms with Crippen LogP contribution in [0.1, 0.15) is 42.1 Å². The second-order valence-corrected chi connectivity index (χ2v) is 8.74. The number of nitrogens with one attached hydrogen (secondary N) is 1. The molecule has 3 heterocycles. The normalized spacial score (nSPS) is 18.2. The van der Waals surface area contributed by atoms with Crippen molar-refractivity contribution in [2.24, 2.45) is 0 Å². The first kappa shape index (κ1) is 20.5. The van der Waals surface area contributed by atoms with Gasteiger partial charge in [0.05, 0.1) is 0 Å². The van der Waals surface area contributed by atoms with Crippen LogP contribution < -0.4 is 16.0 Å². The Labute approximate surface area is 187 Å². The van der Waals surface area contributed by atoms with Crippen molar-refractivity contribution >= 4 is 17.4 Å². The first-order valence-corrected chi connectivity index (χ1v) is 11.2. The molecule has 0 spiro atoms. The maximum atomic E-state index is 15.2. The number of hydrogen-bond donors (Lipinski definition) is 2. The number of piperidine rings is 1. The van der Waals surface area contributed by atoms with E-state index in [9.17, 15) is 4.79 Å². The van der Waals surface area contributed by atoms with Crippen LogP contribution >= 0.6 is 0 Å². The number of nitrogen functional groups attached to an aromatic ring is 1. The number of pyridine rings is 1. The summed E-state index contributed by atoms with van der Waals surface area (Å²) in [6.45, 7) is 3.78. The van der Waals surface area contributed by atoms with Crippen LogP contribution in [0, 0.1) is 5.82 Å². The molecule has 1 amide bonds. The van der Waals surface area contributed by atoms with Crippen molar-refractivity contribution in [3.05, 3.63) is 65.6 Å². The molecule has 1 atom stereocenters. The molecule has 2 aliphatic rings. The van der Waals surface area contributed by atoms with E-state index in [-0.39, 0.29) is 11.7 Å². The summed E-state index contributed by atoms with van der Waals surface area (Å²) in [5, 5.41) is 2.86. The van der Waals surface area contributed by atoms with Gasteiger partial charge >= 0.3 is 0 Å². The summed E-state index contributed by atoms with van der Waals surface area (Å²) in [7, 11) is 0. The average molecular weight is 431 g/mol. The summed E-state index contributed by atoms with van der Waals surface area (Å²) < 4.78 is 15.2. The minimum absolute atomic E-state index is 0.0529. The number of anilines is 2. The zero-order valence-electron chi connectivity index (χ0n) is 18.2. The number of nitrogens with zero attached hydrogens (tertiary/aromatic N) is 2. The number of benzene rings is 2. The highest BCUT2D eigenvalue weighted by Gasteiger charge is 2.21. The lowest BCUT2D eigenvalue weighted by Gasteiger charge is -2.35. The molecule has 5 nitrogen and oxygen atoms in total. The number of carbonyl (C=O) groups excluding carboxylic acids is 1. The van der Waals surface area contributed by atoms with Crippen molar-refractivity contribution in [3.63, 3.8) is 0 Å². The van der Waals surface area contributed by atoms with E-state index in [1.54, 1.807) is 12.3 Å². The molecule has 1 fully saturated rings. The third-order valence-corrected chi connectivity index (χ3v) is 6.66. The first-order valence-electron chi connectivity index (χ1n) is 11.2. The molecule has 2 aliphatic heterocycles. The molecule has 3 N–H and O–H groups in total. The van der Waals surface area contributed by atoms with Crippen LogP contribution in [-0.2, 0) is 6.42 Å². The lowest BCUT2D eigenvalue weighted by atomic mass is 9.94. The predicted octanol–water partition coefficient (Wildman–Crippen LogP) is 4.80. The van der Waals surface area contributed by atoms with E-state index in [0.29, 0.717) is 35.1 Å². The van der Waals surface area contributed by atoms with Crippen LogP contribution in [0.4, 0.5) is 15.9 Å². The quantitative estimate of drug-likeness (QED) is 0.626. The highest BCUT2D eigenvalue weighted by molar-refractivity contribution is 5.97. The number of carbonyl (C=O) groups is 1. The topological polar surface area (TPSA) is 71.2 Å². The number of halogens is 1. The molecule has 164 valence electrons. The van der Waals surface area contributed by atoms with Gasteiger partial charge < -0.3 is 16.0 Å². The van der Waals surface area contributed by atoms with E-state index in [4.69, 9.17) is 5.73 Å². The second-order valence-electron chi connectivity index (χ2n) is 8.74. The van der Waals surface area contributed by atoms with E-state index in [2.05, 4.69) is 22.1 Å².